The fourth-order valence-electron chi connectivity index (χ4n) is 2.74. The van der Waals surface area contributed by atoms with Crippen molar-refractivity contribution in [1.29, 1.82) is 0 Å². The Morgan fingerprint density at radius 1 is 1.15 bits per heavy atom. The molecule has 138 valence electrons. The van der Waals surface area contributed by atoms with Crippen LogP contribution in [0.5, 0.6) is 0 Å². The molecule has 1 aromatic heterocycles. The maximum Gasteiger partial charge on any atom is 0.505 e. The number of benzene rings is 2. The molecule has 0 saturated heterocycles. The Hall–Kier alpha value is -2.53. The van der Waals surface area contributed by atoms with Gasteiger partial charge >= 0.3 is 8.03 Å². The van der Waals surface area contributed by atoms with Crippen molar-refractivity contribution in [2.45, 2.75) is 12.8 Å². The van der Waals surface area contributed by atoms with Crippen LogP contribution in [0.2, 0.25) is 0 Å². The molecule has 4 N–H and O–H groups in total. The fourth-order valence-corrected chi connectivity index (χ4v) is 3.89. The highest BCUT2D eigenvalue weighted by Crippen LogP contribution is 2.30. The second kappa shape index (κ2) is 8.91. The van der Waals surface area contributed by atoms with Gasteiger partial charge in [-0.3, -0.25) is 4.79 Å². The van der Waals surface area contributed by atoms with Gasteiger partial charge in [-0.15, -0.1) is 11.3 Å². The molecule has 1 atom stereocenters. The van der Waals surface area contributed by atoms with Crippen LogP contribution in [-0.2, 0) is 11.0 Å². The summed E-state index contributed by atoms with van der Waals surface area (Å²) >= 11 is 1.63. The largest absolute Gasteiger partial charge is 0.505 e. The molecule has 0 aliphatic carbocycles. The third-order valence-corrected chi connectivity index (χ3v) is 5.73. The number of hydrogen-bond donors (Lipinski definition) is 3. The lowest BCUT2D eigenvalue weighted by Gasteiger charge is -2.11. The smallest absolute Gasteiger partial charge is 0.397 e. The summed E-state index contributed by atoms with van der Waals surface area (Å²) in [6.07, 6.45) is 1.52. The van der Waals surface area contributed by atoms with Crippen LogP contribution in [0.15, 0.2) is 60.0 Å². The lowest BCUT2D eigenvalue weighted by molar-refractivity contribution is 0.102. The Morgan fingerprint density at radius 2 is 2.00 bits per heavy atom. The highest BCUT2D eigenvalue weighted by Gasteiger charge is 2.12. The summed E-state index contributed by atoms with van der Waals surface area (Å²) in [4.78, 5) is 22.6. The van der Waals surface area contributed by atoms with Crippen LogP contribution in [0, 0.1) is 0 Å². The number of anilines is 2. The average molecular weight is 399 g/mol. The Bertz CT molecular complexity index is 958. The van der Waals surface area contributed by atoms with Gasteiger partial charge in [-0.25, -0.2) is 0 Å². The SMILES string of the molecule is Nc1ccc(-c2cccs2)cc1NC(=O)c1cccc(CCC[P+](=O)O)c1. The first-order valence-electron chi connectivity index (χ1n) is 8.50. The van der Waals surface area contributed by atoms with E-state index in [9.17, 15) is 9.36 Å². The van der Waals surface area contributed by atoms with Gasteiger partial charge in [0.15, 0.2) is 6.16 Å². The van der Waals surface area contributed by atoms with Gasteiger partial charge < -0.3 is 11.1 Å². The zero-order chi connectivity index (χ0) is 19.2. The molecule has 0 bridgehead atoms. The van der Waals surface area contributed by atoms with E-state index in [4.69, 9.17) is 10.6 Å². The van der Waals surface area contributed by atoms with Crippen molar-refractivity contribution < 1.29 is 14.3 Å². The Balaban J connectivity index is 1.74. The van der Waals surface area contributed by atoms with Gasteiger partial charge in [0.1, 0.15) is 0 Å². The summed E-state index contributed by atoms with van der Waals surface area (Å²) in [5.41, 5.74) is 9.60. The van der Waals surface area contributed by atoms with Gasteiger partial charge in [-0.2, -0.15) is 4.89 Å². The van der Waals surface area contributed by atoms with E-state index in [1.165, 1.54) is 0 Å². The number of hydrogen-bond acceptors (Lipinski definition) is 4. The van der Waals surface area contributed by atoms with Gasteiger partial charge in [0.05, 0.1) is 11.4 Å². The standard InChI is InChI=1S/C20H19N2O3PS/c21-17-9-8-15(19-7-3-11-27-19)13-18(17)22-20(23)16-6-1-4-14(12-16)5-2-10-26(24)25/h1,3-4,6-9,11-13H,2,5,10,21H2,(H-,22,23,24,25)/p+1. The van der Waals surface area contributed by atoms with E-state index in [-0.39, 0.29) is 12.1 Å². The van der Waals surface area contributed by atoms with Crippen LogP contribution in [0.4, 0.5) is 11.4 Å². The van der Waals surface area contributed by atoms with E-state index in [1.807, 2.05) is 41.8 Å². The van der Waals surface area contributed by atoms with Crippen LogP contribution < -0.4 is 11.1 Å². The van der Waals surface area contributed by atoms with E-state index in [0.717, 1.165) is 16.0 Å². The highest BCUT2D eigenvalue weighted by molar-refractivity contribution is 7.37. The molecule has 0 aliphatic rings. The van der Waals surface area contributed by atoms with E-state index < -0.39 is 8.03 Å². The number of rotatable bonds is 7. The molecule has 3 aromatic rings. The van der Waals surface area contributed by atoms with Gasteiger partial charge in [0.2, 0.25) is 0 Å². The zero-order valence-corrected chi connectivity index (χ0v) is 16.3. The predicted octanol–water partition coefficient (Wildman–Crippen LogP) is 4.92. The topological polar surface area (TPSA) is 92.4 Å². The molecule has 0 saturated carbocycles. The minimum Gasteiger partial charge on any atom is -0.397 e. The molecular formula is C20H20N2O3PS+. The minimum absolute atomic E-state index is 0.236. The lowest BCUT2D eigenvalue weighted by Crippen LogP contribution is -2.13. The molecule has 27 heavy (non-hydrogen) atoms. The fraction of sp³-hybridized carbons (Fsp3) is 0.150. The average Bonchev–Trinajstić information content (AvgIpc) is 3.18. The third kappa shape index (κ3) is 5.23. The van der Waals surface area contributed by atoms with Crippen molar-refractivity contribution in [3.05, 3.63) is 71.1 Å². The highest BCUT2D eigenvalue weighted by atomic mass is 32.1. The molecule has 7 heteroatoms. The molecule has 3 rings (SSSR count). The van der Waals surface area contributed by atoms with Crippen LogP contribution >= 0.6 is 19.4 Å². The maximum absolute atomic E-state index is 12.6. The number of amides is 1. The lowest BCUT2D eigenvalue weighted by atomic mass is 10.1. The molecular weight excluding hydrogens is 379 g/mol. The molecule has 1 unspecified atom stereocenters. The number of nitrogen functional groups attached to an aromatic ring is 1. The quantitative estimate of drug-likeness (QED) is 0.388. The molecule has 1 heterocycles. The van der Waals surface area contributed by atoms with Gasteiger partial charge in [0, 0.05) is 10.4 Å². The second-order valence-corrected chi connectivity index (χ2v) is 8.21. The monoisotopic (exact) mass is 399 g/mol. The molecule has 0 fully saturated rings. The first-order valence-corrected chi connectivity index (χ1v) is 10.8. The van der Waals surface area contributed by atoms with Crippen molar-refractivity contribution in [2.24, 2.45) is 0 Å². The van der Waals surface area contributed by atoms with Crippen LogP contribution in [0.25, 0.3) is 10.4 Å². The Morgan fingerprint density at radius 3 is 2.74 bits per heavy atom. The van der Waals surface area contributed by atoms with Crippen molar-refractivity contribution >= 4 is 36.6 Å². The summed E-state index contributed by atoms with van der Waals surface area (Å²) in [5.74, 6) is -0.236. The first kappa shape index (κ1) is 19.2. The van der Waals surface area contributed by atoms with E-state index in [1.54, 1.807) is 29.5 Å². The van der Waals surface area contributed by atoms with Crippen LogP contribution in [-0.4, -0.2) is 17.0 Å². The van der Waals surface area contributed by atoms with E-state index >= 15 is 0 Å². The molecule has 0 aliphatic heterocycles. The molecule has 0 radical (unpaired) electrons. The summed E-state index contributed by atoms with van der Waals surface area (Å²) in [5, 5.41) is 4.89. The molecule has 5 nitrogen and oxygen atoms in total. The predicted molar refractivity (Wildman–Crippen MR) is 112 cm³/mol. The third-order valence-electron chi connectivity index (χ3n) is 4.11. The number of carbonyl (C=O) groups is 1. The Labute approximate surface area is 162 Å². The molecule has 0 spiro atoms. The maximum atomic E-state index is 12.6. The first-order chi connectivity index (χ1) is 13.0. The summed E-state index contributed by atoms with van der Waals surface area (Å²) in [6, 6.07) is 16.9. The van der Waals surface area contributed by atoms with Gasteiger partial charge in [-0.05, 0) is 64.2 Å². The van der Waals surface area contributed by atoms with Crippen LogP contribution in [0.3, 0.4) is 0 Å². The number of thiophene rings is 1. The van der Waals surface area contributed by atoms with Crippen molar-refractivity contribution in [3.63, 3.8) is 0 Å². The minimum atomic E-state index is -2.12. The number of nitrogens with one attached hydrogen (secondary N) is 1. The Kier molecular flexibility index (Phi) is 6.35. The zero-order valence-electron chi connectivity index (χ0n) is 14.6. The molecule has 2 aromatic carbocycles. The van der Waals surface area contributed by atoms with Crippen molar-refractivity contribution in [3.8, 4) is 10.4 Å². The summed E-state index contributed by atoms with van der Waals surface area (Å²) < 4.78 is 10.8. The van der Waals surface area contributed by atoms with Crippen LogP contribution in [0.1, 0.15) is 22.3 Å². The van der Waals surface area contributed by atoms with E-state index in [0.29, 0.717) is 29.8 Å². The van der Waals surface area contributed by atoms with E-state index in [2.05, 4.69) is 5.32 Å². The molecule has 1 amide bonds. The second-order valence-electron chi connectivity index (χ2n) is 6.11. The van der Waals surface area contributed by atoms with Gasteiger partial charge in [-0.1, -0.05) is 24.3 Å². The number of nitrogens with two attached hydrogens (primary N) is 1. The number of carbonyl (C=O) groups excluding carboxylic acids is 1. The van der Waals surface area contributed by atoms with Gasteiger partial charge in [0.25, 0.3) is 5.91 Å². The summed E-state index contributed by atoms with van der Waals surface area (Å²) in [6.45, 7) is 0. The number of aryl methyl sites for hydroxylation is 1. The normalized spacial score (nSPS) is 11.2. The van der Waals surface area contributed by atoms with Crippen molar-refractivity contribution in [2.75, 3.05) is 17.2 Å². The summed E-state index contributed by atoms with van der Waals surface area (Å²) in [7, 11) is -2.12. The van der Waals surface area contributed by atoms with Crippen molar-refractivity contribution in [1.82, 2.24) is 0 Å².